The van der Waals surface area contributed by atoms with Crippen molar-refractivity contribution in [1.82, 2.24) is 20.2 Å². The maximum atomic E-state index is 13.2. The van der Waals surface area contributed by atoms with E-state index in [4.69, 9.17) is 27.1 Å². The van der Waals surface area contributed by atoms with Gasteiger partial charge in [-0.25, -0.2) is 14.3 Å². The predicted octanol–water partition coefficient (Wildman–Crippen LogP) is -0.293. The second-order valence-corrected chi connectivity index (χ2v) is 12.0. The first kappa shape index (κ1) is 30.8. The van der Waals surface area contributed by atoms with Gasteiger partial charge in [-0.1, -0.05) is 21.9 Å². The van der Waals surface area contributed by atoms with Crippen LogP contribution in [0.4, 0.5) is 16.9 Å². The lowest BCUT2D eigenvalue weighted by Gasteiger charge is -2.49. The highest BCUT2D eigenvalue weighted by Crippen LogP contribution is 2.41. The summed E-state index contributed by atoms with van der Waals surface area (Å²) in [6.07, 6.45) is -1.22. The SMILES string of the molecule is CC[n+]1c(SCC2=C(C(=O)O)N3C(=O)[C@@H](NC(=O)C(=NOC(C)CC(=O)O)c4csc(N)n4)[C@H]3SC2)cc(N)nc1N. The predicted molar refractivity (Wildman–Crippen MR) is 155 cm³/mol. The number of oxime groups is 1. The fourth-order valence-corrected chi connectivity index (χ4v) is 7.34. The standard InChI is InChI=1S/C23H27N9O7S3/c1-3-31-13(5-12(24)28-22(31)25)40-6-10-7-41-20-16(19(36)32(20)17(10)21(37)38)29-18(35)15(11-8-42-23(26)27-11)30-39-9(2)4-14(33)34/h5,8-9,16,20H,3-4,6-7H2,1-2H3,(H8,24,25,26,27,28,29,33,34,35,37,38)/p+1/t9?,16-,20-/m1/s1. The fraction of sp³-hybridized carbons (Fsp3) is 0.391. The Labute approximate surface area is 251 Å². The highest BCUT2D eigenvalue weighted by Gasteiger charge is 2.54. The van der Waals surface area contributed by atoms with Gasteiger partial charge in [0.2, 0.25) is 5.82 Å². The molecule has 4 heterocycles. The number of hydrogen-bond donors (Lipinski definition) is 6. The third-order valence-corrected chi connectivity index (χ3v) is 9.21. The van der Waals surface area contributed by atoms with E-state index >= 15 is 0 Å². The topological polar surface area (TPSA) is 253 Å². The minimum Gasteiger partial charge on any atom is -0.481 e. The van der Waals surface area contributed by atoms with Gasteiger partial charge in [-0.05, 0) is 19.4 Å². The summed E-state index contributed by atoms with van der Waals surface area (Å²) in [4.78, 5) is 64.0. The molecule has 1 saturated heterocycles. The molecule has 2 aliphatic heterocycles. The lowest BCUT2D eigenvalue weighted by molar-refractivity contribution is -0.717. The van der Waals surface area contributed by atoms with Gasteiger partial charge >= 0.3 is 17.9 Å². The van der Waals surface area contributed by atoms with Crippen LogP contribution >= 0.6 is 34.9 Å². The molecule has 2 amide bonds. The largest absolute Gasteiger partial charge is 0.481 e. The molecule has 4 rings (SSSR count). The minimum atomic E-state index is -1.27. The fourth-order valence-electron chi connectivity index (χ4n) is 4.17. The summed E-state index contributed by atoms with van der Waals surface area (Å²) in [5.74, 6) is -2.82. The molecule has 0 aliphatic carbocycles. The number of hydrogen-bond acceptors (Lipinski definition) is 14. The first-order valence-corrected chi connectivity index (χ1v) is 15.3. The molecule has 42 heavy (non-hydrogen) atoms. The van der Waals surface area contributed by atoms with Gasteiger partial charge in [-0.15, -0.1) is 23.1 Å². The summed E-state index contributed by atoms with van der Waals surface area (Å²) in [5, 5.41) is 27.0. The van der Waals surface area contributed by atoms with Crippen LogP contribution in [0, 0.1) is 0 Å². The summed E-state index contributed by atoms with van der Waals surface area (Å²) in [7, 11) is 0. The summed E-state index contributed by atoms with van der Waals surface area (Å²) in [5.41, 5.74) is 17.6. The molecule has 2 aliphatic rings. The zero-order chi connectivity index (χ0) is 30.7. The van der Waals surface area contributed by atoms with E-state index in [9.17, 15) is 24.3 Å². The molecule has 9 N–H and O–H groups in total. The number of nitrogens with two attached hydrogens (primary N) is 3. The van der Waals surface area contributed by atoms with E-state index in [0.717, 1.165) is 16.2 Å². The van der Waals surface area contributed by atoms with Gasteiger partial charge in [0.1, 0.15) is 33.9 Å². The molecule has 0 aromatic carbocycles. The molecule has 2 aromatic heterocycles. The Balaban J connectivity index is 1.51. The second-order valence-electron chi connectivity index (χ2n) is 9.05. The third-order valence-electron chi connectivity index (χ3n) is 6.07. The summed E-state index contributed by atoms with van der Waals surface area (Å²) in [6, 6.07) is 0.594. The highest BCUT2D eigenvalue weighted by molar-refractivity contribution is 8.01. The van der Waals surface area contributed by atoms with Crippen LogP contribution in [0.5, 0.6) is 0 Å². The average molecular weight is 639 g/mol. The highest BCUT2D eigenvalue weighted by atomic mass is 32.2. The van der Waals surface area contributed by atoms with Crippen molar-refractivity contribution >= 4 is 81.2 Å². The third kappa shape index (κ3) is 6.52. The second kappa shape index (κ2) is 12.8. The number of nitrogens with one attached hydrogen (secondary N) is 1. The summed E-state index contributed by atoms with van der Waals surface area (Å²) < 4.78 is 1.74. The monoisotopic (exact) mass is 638 g/mol. The molecule has 0 bridgehead atoms. The van der Waals surface area contributed by atoms with Crippen molar-refractivity contribution in [3.8, 4) is 0 Å². The van der Waals surface area contributed by atoms with Crippen LogP contribution in [0.3, 0.4) is 0 Å². The van der Waals surface area contributed by atoms with E-state index in [1.54, 1.807) is 10.6 Å². The van der Waals surface area contributed by atoms with Crippen LogP contribution in [0.25, 0.3) is 0 Å². The van der Waals surface area contributed by atoms with Crippen molar-refractivity contribution in [2.24, 2.45) is 5.16 Å². The van der Waals surface area contributed by atoms with Gasteiger partial charge in [0.25, 0.3) is 11.8 Å². The molecule has 0 radical (unpaired) electrons. The molecule has 3 atom stereocenters. The van der Waals surface area contributed by atoms with E-state index in [1.807, 2.05) is 6.92 Å². The maximum Gasteiger partial charge on any atom is 0.392 e. The number of anilines is 3. The number of β-lactam (4-membered cyclic amide) rings is 1. The van der Waals surface area contributed by atoms with Crippen molar-refractivity contribution in [3.05, 3.63) is 28.4 Å². The Morgan fingerprint density at radius 3 is 2.67 bits per heavy atom. The van der Waals surface area contributed by atoms with Crippen molar-refractivity contribution in [1.29, 1.82) is 0 Å². The number of amides is 2. The van der Waals surface area contributed by atoms with Crippen molar-refractivity contribution in [3.63, 3.8) is 0 Å². The lowest BCUT2D eigenvalue weighted by atomic mass is 10.0. The average Bonchev–Trinajstić information content (AvgIpc) is 3.34. The Morgan fingerprint density at radius 1 is 1.31 bits per heavy atom. The number of aliphatic carboxylic acids is 2. The van der Waals surface area contributed by atoms with Gasteiger partial charge < -0.3 is 31.8 Å². The number of nitrogens with zero attached hydrogens (tertiary/aromatic N) is 5. The van der Waals surface area contributed by atoms with Crippen LogP contribution in [0.15, 0.2) is 32.9 Å². The Morgan fingerprint density at radius 2 is 2.05 bits per heavy atom. The Kier molecular flexibility index (Phi) is 9.42. The van der Waals surface area contributed by atoms with Gasteiger partial charge in [0.05, 0.1) is 13.0 Å². The number of carbonyl (C=O) groups excluding carboxylic acids is 2. The molecule has 2 aromatic rings. The first-order valence-electron chi connectivity index (χ1n) is 12.4. The molecular weight excluding hydrogens is 611 g/mol. The number of thioether (sulfide) groups is 2. The van der Waals surface area contributed by atoms with Gasteiger partial charge in [0.15, 0.2) is 10.8 Å². The molecule has 224 valence electrons. The molecule has 19 heteroatoms. The summed E-state index contributed by atoms with van der Waals surface area (Å²) in [6.45, 7) is 3.87. The van der Waals surface area contributed by atoms with Gasteiger partial charge in [0, 0.05) is 23.0 Å². The number of aromatic nitrogens is 3. The summed E-state index contributed by atoms with van der Waals surface area (Å²) >= 11 is 3.67. The minimum absolute atomic E-state index is 0.0737. The van der Waals surface area contributed by atoms with E-state index in [1.165, 1.54) is 35.8 Å². The van der Waals surface area contributed by atoms with Crippen LogP contribution in [-0.4, -0.2) is 83.6 Å². The normalized spacial score (nSPS) is 19.1. The molecule has 0 spiro atoms. The maximum absolute atomic E-state index is 13.2. The van der Waals surface area contributed by atoms with Gasteiger partial charge in [-0.2, -0.15) is 0 Å². The molecule has 1 unspecified atom stereocenters. The van der Waals surface area contributed by atoms with Crippen LogP contribution in [-0.2, 0) is 30.6 Å². The number of rotatable bonds is 12. The smallest absolute Gasteiger partial charge is 0.392 e. The molecule has 16 nitrogen and oxygen atoms in total. The van der Waals surface area contributed by atoms with E-state index in [-0.39, 0.29) is 51.9 Å². The number of nitrogen functional groups attached to an aromatic ring is 3. The molecule has 0 saturated carbocycles. The first-order chi connectivity index (χ1) is 19.9. The number of carboxylic acid groups (broad SMARTS) is 2. The number of carbonyl (C=O) groups is 4. The van der Waals surface area contributed by atoms with E-state index in [0.29, 0.717) is 17.1 Å². The Bertz CT molecular complexity index is 1500. The van der Waals surface area contributed by atoms with E-state index in [2.05, 4.69) is 20.4 Å². The van der Waals surface area contributed by atoms with E-state index < -0.39 is 41.3 Å². The van der Waals surface area contributed by atoms with Crippen LogP contribution < -0.4 is 27.1 Å². The number of fused-ring (bicyclic) bond motifs is 1. The van der Waals surface area contributed by atoms with Gasteiger partial charge in [-0.3, -0.25) is 25.0 Å². The molecular formula is C23H28N9O7S3+. The molecule has 1 fully saturated rings. The zero-order valence-electron chi connectivity index (χ0n) is 22.3. The Hall–Kier alpha value is -4.10. The lowest BCUT2D eigenvalue weighted by Crippen LogP contribution is -2.71. The zero-order valence-corrected chi connectivity index (χ0v) is 24.8. The number of thiazole rings is 1. The van der Waals surface area contributed by atoms with Crippen LogP contribution in [0.1, 0.15) is 26.0 Å². The number of carboxylic acids is 2. The quantitative estimate of drug-likeness (QED) is 0.0436. The van der Waals surface area contributed by atoms with Crippen molar-refractivity contribution in [2.75, 3.05) is 28.7 Å². The van der Waals surface area contributed by atoms with Crippen molar-refractivity contribution in [2.45, 2.75) is 49.4 Å². The van der Waals surface area contributed by atoms with Crippen LogP contribution in [0.2, 0.25) is 0 Å². The van der Waals surface area contributed by atoms with Crippen molar-refractivity contribution < 1.29 is 38.8 Å².